The third-order valence-electron chi connectivity index (χ3n) is 6.97. The molecule has 2 aromatic rings. The Bertz CT molecular complexity index is 1020. The Morgan fingerprint density at radius 1 is 1.09 bits per heavy atom. The van der Waals surface area contributed by atoms with E-state index in [1.165, 1.54) is 0 Å². The van der Waals surface area contributed by atoms with Gasteiger partial charge in [0.1, 0.15) is 6.61 Å². The third-order valence-corrected chi connectivity index (χ3v) is 6.97. The fourth-order valence-corrected chi connectivity index (χ4v) is 5.15. The van der Waals surface area contributed by atoms with Gasteiger partial charge in [-0.1, -0.05) is 55.0 Å². The van der Waals surface area contributed by atoms with Crippen molar-refractivity contribution in [3.8, 4) is 11.1 Å². The number of aliphatic carboxylic acids is 1. The van der Waals surface area contributed by atoms with Gasteiger partial charge in [0.25, 0.3) is 0 Å². The summed E-state index contributed by atoms with van der Waals surface area (Å²) in [5, 5.41) is 14.6. The zero-order valence-corrected chi connectivity index (χ0v) is 19.0. The Kier molecular flexibility index (Phi) is 6.40. The van der Waals surface area contributed by atoms with Crippen LogP contribution in [0.1, 0.15) is 56.6 Å². The number of ether oxygens (including phenoxy) is 1. The van der Waals surface area contributed by atoms with E-state index < -0.39 is 23.5 Å². The highest BCUT2D eigenvalue weighted by Crippen LogP contribution is 2.44. The van der Waals surface area contributed by atoms with Crippen molar-refractivity contribution < 1.29 is 24.2 Å². The van der Waals surface area contributed by atoms with Crippen LogP contribution in [0.3, 0.4) is 0 Å². The third kappa shape index (κ3) is 4.58. The number of benzene rings is 2. The van der Waals surface area contributed by atoms with E-state index in [4.69, 9.17) is 9.84 Å². The second-order valence-corrected chi connectivity index (χ2v) is 9.30. The maximum absolute atomic E-state index is 12.9. The van der Waals surface area contributed by atoms with Crippen molar-refractivity contribution in [2.45, 2.75) is 57.5 Å². The number of rotatable bonds is 7. The average molecular weight is 451 g/mol. The van der Waals surface area contributed by atoms with Crippen LogP contribution in [-0.4, -0.2) is 41.8 Å². The van der Waals surface area contributed by atoms with Gasteiger partial charge < -0.3 is 20.5 Å². The molecule has 2 aromatic carbocycles. The average Bonchev–Trinajstić information content (AvgIpc) is 3.30. The molecule has 0 spiro atoms. The Morgan fingerprint density at radius 2 is 1.70 bits per heavy atom. The van der Waals surface area contributed by atoms with Gasteiger partial charge in [-0.15, -0.1) is 0 Å². The topological polar surface area (TPSA) is 105 Å². The molecule has 4 rings (SSSR count). The molecule has 3 atom stereocenters. The smallest absolute Gasteiger partial charge is 0.407 e. The minimum Gasteiger partial charge on any atom is -0.481 e. The minimum atomic E-state index is -0.965. The highest BCUT2D eigenvalue weighted by atomic mass is 16.5. The zero-order valence-electron chi connectivity index (χ0n) is 19.0. The highest BCUT2D eigenvalue weighted by molar-refractivity contribution is 5.85. The molecular weight excluding hydrogens is 420 g/mol. The second kappa shape index (κ2) is 9.25. The van der Waals surface area contributed by atoms with Crippen molar-refractivity contribution in [1.29, 1.82) is 0 Å². The fourth-order valence-electron chi connectivity index (χ4n) is 5.15. The summed E-state index contributed by atoms with van der Waals surface area (Å²) in [6, 6.07) is 15.5. The van der Waals surface area contributed by atoms with Crippen LogP contribution in [0.5, 0.6) is 0 Å². The summed E-state index contributed by atoms with van der Waals surface area (Å²) in [6.45, 7) is 3.70. The molecular formula is C26H30N2O5. The van der Waals surface area contributed by atoms with E-state index in [1.807, 2.05) is 31.2 Å². The van der Waals surface area contributed by atoms with Crippen molar-refractivity contribution in [3.05, 3.63) is 59.7 Å². The number of carboxylic acids is 1. The van der Waals surface area contributed by atoms with Crippen LogP contribution >= 0.6 is 0 Å². The first-order valence-electron chi connectivity index (χ1n) is 11.4. The molecule has 0 bridgehead atoms. The van der Waals surface area contributed by atoms with Gasteiger partial charge in [0, 0.05) is 18.0 Å². The van der Waals surface area contributed by atoms with Crippen molar-refractivity contribution in [2.75, 3.05) is 6.61 Å². The van der Waals surface area contributed by atoms with E-state index >= 15 is 0 Å². The van der Waals surface area contributed by atoms with Crippen LogP contribution in [-0.2, 0) is 14.3 Å². The number of alkyl carbamates (subject to hydrolysis) is 1. The Morgan fingerprint density at radius 3 is 2.30 bits per heavy atom. The molecule has 0 aliphatic heterocycles. The largest absolute Gasteiger partial charge is 0.481 e. The van der Waals surface area contributed by atoms with Gasteiger partial charge in [0.2, 0.25) is 5.91 Å². The standard InChI is InChI=1S/C26H30N2O5/c1-16(14-23(29)30)27-24(31)26(2)13-7-12-22(26)28-25(32)33-15-21-19-10-5-3-8-17(19)18-9-4-6-11-20(18)21/h3-6,8-11,16,21-22H,7,12-15H2,1-2H3,(H,27,31)(H,28,32)(H,29,30)/t16-,22?,26?/m0/s1. The lowest BCUT2D eigenvalue weighted by atomic mass is 9.83. The van der Waals surface area contributed by atoms with Gasteiger partial charge in [-0.3, -0.25) is 9.59 Å². The summed E-state index contributed by atoms with van der Waals surface area (Å²) in [7, 11) is 0. The Labute approximate surface area is 193 Å². The monoisotopic (exact) mass is 450 g/mol. The Balaban J connectivity index is 1.39. The van der Waals surface area contributed by atoms with Crippen LogP contribution < -0.4 is 10.6 Å². The molecule has 3 N–H and O–H groups in total. The van der Waals surface area contributed by atoms with Crippen LogP contribution in [0, 0.1) is 5.41 Å². The number of hydrogen-bond donors (Lipinski definition) is 3. The van der Waals surface area contributed by atoms with Crippen LogP contribution in [0.15, 0.2) is 48.5 Å². The van der Waals surface area contributed by atoms with Crippen LogP contribution in [0.4, 0.5) is 4.79 Å². The van der Waals surface area contributed by atoms with Gasteiger partial charge >= 0.3 is 12.1 Å². The van der Waals surface area contributed by atoms with Crippen molar-refractivity contribution in [2.24, 2.45) is 5.41 Å². The number of hydrogen-bond acceptors (Lipinski definition) is 4. The number of carboxylic acid groups (broad SMARTS) is 1. The molecule has 0 heterocycles. The zero-order chi connectivity index (χ0) is 23.6. The first-order valence-corrected chi connectivity index (χ1v) is 11.4. The van der Waals surface area contributed by atoms with Crippen molar-refractivity contribution >= 4 is 18.0 Å². The lowest BCUT2D eigenvalue weighted by Crippen LogP contribution is -2.53. The molecule has 1 fully saturated rings. The van der Waals surface area contributed by atoms with E-state index in [2.05, 4.69) is 34.9 Å². The molecule has 0 saturated heterocycles. The number of carbonyl (C=O) groups is 3. The van der Waals surface area contributed by atoms with Gasteiger partial charge in [-0.2, -0.15) is 0 Å². The van der Waals surface area contributed by atoms with Crippen molar-refractivity contribution in [3.63, 3.8) is 0 Å². The summed E-state index contributed by atoms with van der Waals surface area (Å²) in [5.41, 5.74) is 3.81. The SMILES string of the molecule is C[C@@H](CC(=O)O)NC(=O)C1(C)CCCC1NC(=O)OCC1c2ccccc2-c2ccccc21. The predicted molar refractivity (Wildman–Crippen MR) is 124 cm³/mol. The summed E-state index contributed by atoms with van der Waals surface area (Å²) in [4.78, 5) is 36.5. The van der Waals surface area contributed by atoms with Crippen molar-refractivity contribution in [1.82, 2.24) is 10.6 Å². The van der Waals surface area contributed by atoms with Gasteiger partial charge in [-0.25, -0.2) is 4.79 Å². The van der Waals surface area contributed by atoms with Gasteiger partial charge in [0.05, 0.1) is 11.8 Å². The van der Waals surface area contributed by atoms with Gasteiger partial charge in [-0.05, 0) is 48.9 Å². The number of fused-ring (bicyclic) bond motifs is 3. The summed E-state index contributed by atoms with van der Waals surface area (Å²) < 4.78 is 5.65. The number of nitrogens with one attached hydrogen (secondary N) is 2. The molecule has 0 aromatic heterocycles. The molecule has 2 unspecified atom stereocenters. The molecule has 33 heavy (non-hydrogen) atoms. The lowest BCUT2D eigenvalue weighted by molar-refractivity contribution is -0.138. The normalized spacial score (nSPS) is 22.2. The quantitative estimate of drug-likeness (QED) is 0.590. The van der Waals surface area contributed by atoms with E-state index in [-0.39, 0.29) is 30.9 Å². The number of amides is 2. The van der Waals surface area contributed by atoms with Crippen LogP contribution in [0.2, 0.25) is 0 Å². The minimum absolute atomic E-state index is 0.0294. The molecule has 2 aliphatic rings. The highest BCUT2D eigenvalue weighted by Gasteiger charge is 2.46. The summed E-state index contributed by atoms with van der Waals surface area (Å²) >= 11 is 0. The number of carbonyl (C=O) groups excluding carboxylic acids is 2. The Hall–Kier alpha value is -3.35. The fraction of sp³-hybridized carbons (Fsp3) is 0.423. The summed E-state index contributed by atoms with van der Waals surface area (Å²) in [6.07, 6.45) is 1.40. The van der Waals surface area contributed by atoms with Crippen LogP contribution in [0.25, 0.3) is 11.1 Å². The molecule has 1 saturated carbocycles. The maximum atomic E-state index is 12.9. The molecule has 7 heteroatoms. The molecule has 174 valence electrons. The van der Waals surface area contributed by atoms with E-state index in [1.54, 1.807) is 6.92 Å². The summed E-state index contributed by atoms with van der Waals surface area (Å²) in [5.74, 6) is -1.23. The van der Waals surface area contributed by atoms with E-state index in [0.717, 1.165) is 28.7 Å². The maximum Gasteiger partial charge on any atom is 0.407 e. The predicted octanol–water partition coefficient (Wildman–Crippen LogP) is 4.06. The molecule has 7 nitrogen and oxygen atoms in total. The second-order valence-electron chi connectivity index (χ2n) is 9.30. The first kappa shape index (κ1) is 22.8. The molecule has 0 radical (unpaired) electrons. The van der Waals surface area contributed by atoms with E-state index in [9.17, 15) is 14.4 Å². The first-order chi connectivity index (χ1) is 15.8. The lowest BCUT2D eigenvalue weighted by Gasteiger charge is -2.31. The van der Waals surface area contributed by atoms with E-state index in [0.29, 0.717) is 12.8 Å². The van der Waals surface area contributed by atoms with Gasteiger partial charge in [0.15, 0.2) is 0 Å². The molecule has 2 amide bonds. The molecule has 2 aliphatic carbocycles.